The average Bonchev–Trinajstić information content (AvgIpc) is 2.49. The second-order valence-corrected chi connectivity index (χ2v) is 7.07. The van der Waals surface area contributed by atoms with Crippen LogP contribution in [0.2, 0.25) is 0 Å². The van der Waals surface area contributed by atoms with Crippen molar-refractivity contribution in [3.05, 3.63) is 12.2 Å². The van der Waals surface area contributed by atoms with Crippen LogP contribution in [0.25, 0.3) is 0 Å². The van der Waals surface area contributed by atoms with Gasteiger partial charge in [0.15, 0.2) is 0 Å². The summed E-state index contributed by atoms with van der Waals surface area (Å²) in [5.74, 6) is 0. The molecule has 0 aromatic heterocycles. The van der Waals surface area contributed by atoms with Gasteiger partial charge in [0.05, 0.1) is 0 Å². The van der Waals surface area contributed by atoms with E-state index in [2.05, 4.69) is 19.1 Å². The molecule has 0 amide bonds. The molecule has 0 heterocycles. The first-order valence-electron chi connectivity index (χ1n) is 9.46. The van der Waals surface area contributed by atoms with Gasteiger partial charge in [-0.15, -0.1) is 0 Å². The molecule has 0 aliphatic rings. The van der Waals surface area contributed by atoms with Gasteiger partial charge < -0.3 is 5.73 Å². The summed E-state index contributed by atoms with van der Waals surface area (Å²) in [7, 11) is -4.67. The molecule has 0 aliphatic carbocycles. The molecule has 0 fully saturated rings. The third kappa shape index (κ3) is 45.6. The van der Waals surface area contributed by atoms with Crippen molar-refractivity contribution in [2.24, 2.45) is 5.73 Å². The Morgan fingerprint density at radius 2 is 1.04 bits per heavy atom. The molecule has 0 aliphatic heterocycles. The zero-order valence-corrected chi connectivity index (χ0v) is 16.3. The van der Waals surface area contributed by atoms with Gasteiger partial charge in [-0.05, 0) is 38.6 Å². The third-order valence-electron chi connectivity index (χ3n) is 3.72. The fraction of sp³-hybridized carbons (Fsp3) is 0.889. The monoisotopic (exact) mass is 389 g/mol. The fourth-order valence-electron chi connectivity index (χ4n) is 2.39. The zero-order valence-electron chi connectivity index (χ0n) is 15.5. The Labute approximate surface area is 178 Å². The van der Waals surface area contributed by atoms with E-state index in [1.54, 1.807) is 0 Å². The van der Waals surface area contributed by atoms with E-state index in [4.69, 9.17) is 23.3 Å². The molecule has 0 aromatic carbocycles. The van der Waals surface area contributed by atoms with Crippen LogP contribution in [0, 0.1) is 0 Å². The van der Waals surface area contributed by atoms with Crippen LogP contribution in [0.3, 0.4) is 0 Å². The molecule has 0 radical (unpaired) electrons. The summed E-state index contributed by atoms with van der Waals surface area (Å²) in [5, 5.41) is 0. The van der Waals surface area contributed by atoms with Crippen molar-refractivity contribution in [2.75, 3.05) is 6.54 Å². The van der Waals surface area contributed by atoms with Crippen LogP contribution in [0.1, 0.15) is 96.8 Å². The molecule has 7 heteroatoms. The van der Waals surface area contributed by atoms with E-state index in [0.717, 1.165) is 6.54 Å². The van der Waals surface area contributed by atoms with E-state index >= 15 is 0 Å². The number of allylic oxidation sites excluding steroid dienone is 2. The SMILES string of the molecule is CCCCCCCC/C=C\CCCCCCCCN.O=S(=O)(O)O.[NaH]. The Morgan fingerprint density at radius 3 is 1.40 bits per heavy atom. The molecular formula is C18H40NNaO4S. The first-order chi connectivity index (χ1) is 11.4. The number of hydrogen-bond donors (Lipinski definition) is 3. The molecule has 0 atom stereocenters. The molecule has 4 N–H and O–H groups in total. The third-order valence-corrected chi connectivity index (χ3v) is 3.72. The van der Waals surface area contributed by atoms with Crippen LogP contribution in [-0.4, -0.2) is 53.6 Å². The van der Waals surface area contributed by atoms with Gasteiger partial charge in [0.25, 0.3) is 0 Å². The van der Waals surface area contributed by atoms with Gasteiger partial charge in [-0.25, -0.2) is 0 Å². The van der Waals surface area contributed by atoms with E-state index in [-0.39, 0.29) is 29.6 Å². The Bertz CT molecular complexity index is 354. The van der Waals surface area contributed by atoms with Crippen LogP contribution in [0.4, 0.5) is 0 Å². The van der Waals surface area contributed by atoms with Crippen LogP contribution in [0.5, 0.6) is 0 Å². The van der Waals surface area contributed by atoms with Crippen molar-refractivity contribution in [3.8, 4) is 0 Å². The minimum atomic E-state index is -4.67. The molecule has 0 saturated heterocycles. The van der Waals surface area contributed by atoms with Crippen molar-refractivity contribution < 1.29 is 17.5 Å². The second-order valence-electron chi connectivity index (χ2n) is 6.17. The summed E-state index contributed by atoms with van der Waals surface area (Å²) >= 11 is 0. The molecular weight excluding hydrogens is 349 g/mol. The summed E-state index contributed by atoms with van der Waals surface area (Å²) in [6.45, 7) is 3.14. The first-order valence-corrected chi connectivity index (χ1v) is 10.9. The van der Waals surface area contributed by atoms with Crippen LogP contribution < -0.4 is 5.73 Å². The fourth-order valence-corrected chi connectivity index (χ4v) is 2.39. The summed E-state index contributed by atoms with van der Waals surface area (Å²) in [6, 6.07) is 0. The summed E-state index contributed by atoms with van der Waals surface area (Å²) in [6.07, 6.45) is 23.9. The molecule has 0 unspecified atom stereocenters. The van der Waals surface area contributed by atoms with Crippen LogP contribution in [0.15, 0.2) is 12.2 Å². The maximum absolute atomic E-state index is 8.74. The van der Waals surface area contributed by atoms with Crippen molar-refractivity contribution in [1.29, 1.82) is 0 Å². The predicted molar refractivity (Wildman–Crippen MR) is 110 cm³/mol. The van der Waals surface area contributed by atoms with E-state index < -0.39 is 10.4 Å². The molecule has 5 nitrogen and oxygen atoms in total. The summed E-state index contributed by atoms with van der Waals surface area (Å²) < 4.78 is 31.6. The van der Waals surface area contributed by atoms with Gasteiger partial charge in [0, 0.05) is 0 Å². The number of rotatable bonds is 15. The summed E-state index contributed by atoms with van der Waals surface area (Å²) in [5.41, 5.74) is 5.47. The topological polar surface area (TPSA) is 101 Å². The molecule has 0 saturated carbocycles. The van der Waals surface area contributed by atoms with E-state index in [0.29, 0.717) is 0 Å². The van der Waals surface area contributed by atoms with E-state index in [9.17, 15) is 0 Å². The van der Waals surface area contributed by atoms with Gasteiger partial charge in [-0.3, -0.25) is 9.11 Å². The van der Waals surface area contributed by atoms with Gasteiger partial charge in [0.1, 0.15) is 0 Å². The van der Waals surface area contributed by atoms with Crippen molar-refractivity contribution in [3.63, 3.8) is 0 Å². The van der Waals surface area contributed by atoms with Gasteiger partial charge in [0.2, 0.25) is 0 Å². The maximum atomic E-state index is 8.74. The van der Waals surface area contributed by atoms with Gasteiger partial charge in [-0.2, -0.15) is 8.42 Å². The number of nitrogens with two attached hydrogens (primary N) is 1. The Kier molecular flexibility index (Phi) is 29.8. The molecule has 0 rings (SSSR count). The minimum absolute atomic E-state index is 0. The van der Waals surface area contributed by atoms with E-state index in [1.165, 1.54) is 89.9 Å². The molecule has 0 spiro atoms. The zero-order chi connectivity index (χ0) is 18.5. The second kappa shape index (κ2) is 24.6. The Balaban J connectivity index is -0.000000704. The normalized spacial score (nSPS) is 11.0. The van der Waals surface area contributed by atoms with Gasteiger partial charge in [-0.1, -0.05) is 76.9 Å². The number of unbranched alkanes of at least 4 members (excludes halogenated alkanes) is 12. The molecule has 0 aromatic rings. The Morgan fingerprint density at radius 1 is 0.720 bits per heavy atom. The van der Waals surface area contributed by atoms with Crippen LogP contribution in [-0.2, 0) is 10.4 Å². The number of hydrogen-bond acceptors (Lipinski definition) is 3. The van der Waals surface area contributed by atoms with Crippen molar-refractivity contribution >= 4 is 40.0 Å². The average molecular weight is 390 g/mol. The summed E-state index contributed by atoms with van der Waals surface area (Å²) in [4.78, 5) is 0. The Hall–Kier alpha value is 0.570. The molecule has 25 heavy (non-hydrogen) atoms. The van der Waals surface area contributed by atoms with Gasteiger partial charge >= 0.3 is 40.0 Å². The van der Waals surface area contributed by atoms with E-state index in [1.807, 2.05) is 0 Å². The van der Waals surface area contributed by atoms with Crippen LogP contribution >= 0.6 is 0 Å². The predicted octanol–water partition coefficient (Wildman–Crippen LogP) is 4.68. The molecule has 0 bridgehead atoms. The van der Waals surface area contributed by atoms with Crippen molar-refractivity contribution in [2.45, 2.75) is 96.8 Å². The quantitative estimate of drug-likeness (QED) is 0.163. The molecule has 148 valence electrons. The first kappa shape index (κ1) is 30.3. The van der Waals surface area contributed by atoms with Crippen molar-refractivity contribution in [1.82, 2.24) is 0 Å². The standard InChI is InChI=1S/C18H37N.Na.H2O4S.H/c1-2-3-4-5-6-7-8-9-10-11-12-13-14-15-16-17-18-19;;1-5(2,3)4;/h9-10H,2-8,11-19H2,1H3;;(H2,1,2,3,4);/b10-9-;;;.